The van der Waals surface area contributed by atoms with Crippen LogP contribution in [0.2, 0.25) is 0 Å². The standard InChI is InChI=1S/C25H24N4O6/c1-12-6-7-15-14(9-12)25(24(32)26-15)21-20(16-5-4-8-27(16)25)22(30)28(23(21)31)17-11-19(35-3)18(29(33)34)10-13(17)2/h6-7,9-11,16,20-21H,4-5,8H2,1-3H3,(H,26,32)/t16-,20+,21+,25+/m0/s1. The van der Waals surface area contributed by atoms with Crippen LogP contribution in [0, 0.1) is 35.8 Å². The third-order valence-electron chi connectivity index (χ3n) is 8.08. The molecule has 0 aliphatic carbocycles. The molecular weight excluding hydrogens is 452 g/mol. The first-order valence-corrected chi connectivity index (χ1v) is 11.6. The number of carbonyl (C=O) groups is 3. The van der Waals surface area contributed by atoms with Crippen LogP contribution in [-0.2, 0) is 19.9 Å². The molecular formula is C25H24N4O6. The van der Waals surface area contributed by atoms with Gasteiger partial charge in [0.25, 0.3) is 0 Å². The van der Waals surface area contributed by atoms with Crippen LogP contribution in [0.1, 0.15) is 29.5 Å². The molecule has 180 valence electrons. The fraction of sp³-hybridized carbons (Fsp3) is 0.400. The van der Waals surface area contributed by atoms with Crippen molar-refractivity contribution < 1.29 is 24.0 Å². The number of rotatable bonds is 3. The lowest BCUT2D eigenvalue weighted by Crippen LogP contribution is -2.54. The van der Waals surface area contributed by atoms with Crippen molar-refractivity contribution in [3.05, 3.63) is 57.1 Å². The van der Waals surface area contributed by atoms with Gasteiger partial charge in [-0.05, 0) is 44.9 Å². The maximum Gasteiger partial charge on any atom is 0.311 e. The molecule has 0 bridgehead atoms. The number of amides is 3. The Morgan fingerprint density at radius 1 is 1.14 bits per heavy atom. The Morgan fingerprint density at radius 3 is 2.63 bits per heavy atom. The lowest BCUT2D eigenvalue weighted by atomic mass is 9.75. The summed E-state index contributed by atoms with van der Waals surface area (Å²) in [4.78, 5) is 55.8. The quantitative estimate of drug-likeness (QED) is 0.411. The summed E-state index contributed by atoms with van der Waals surface area (Å²) in [5.74, 6) is -2.71. The summed E-state index contributed by atoms with van der Waals surface area (Å²) in [5, 5.41) is 14.4. The highest BCUT2D eigenvalue weighted by molar-refractivity contribution is 6.26. The van der Waals surface area contributed by atoms with Crippen LogP contribution in [0.15, 0.2) is 30.3 Å². The van der Waals surface area contributed by atoms with Crippen molar-refractivity contribution in [3.63, 3.8) is 0 Å². The highest BCUT2D eigenvalue weighted by Crippen LogP contribution is 2.61. The van der Waals surface area contributed by atoms with E-state index in [0.717, 1.165) is 22.4 Å². The second-order valence-corrected chi connectivity index (χ2v) is 9.76. The molecule has 4 atom stereocenters. The van der Waals surface area contributed by atoms with Gasteiger partial charge in [-0.2, -0.15) is 0 Å². The van der Waals surface area contributed by atoms with Gasteiger partial charge >= 0.3 is 5.69 Å². The number of nitro benzene ring substituents is 1. The van der Waals surface area contributed by atoms with Crippen molar-refractivity contribution in [1.29, 1.82) is 0 Å². The Bertz CT molecular complexity index is 1360. The summed E-state index contributed by atoms with van der Waals surface area (Å²) < 4.78 is 5.20. The van der Waals surface area contributed by atoms with E-state index >= 15 is 0 Å². The molecule has 0 saturated carbocycles. The average Bonchev–Trinajstić information content (AvgIpc) is 3.52. The van der Waals surface area contributed by atoms with Gasteiger partial charge in [0.05, 0.1) is 29.6 Å². The van der Waals surface area contributed by atoms with Crippen LogP contribution in [0.25, 0.3) is 0 Å². The monoisotopic (exact) mass is 476 g/mol. The third-order valence-corrected chi connectivity index (χ3v) is 8.08. The zero-order valence-corrected chi connectivity index (χ0v) is 19.5. The van der Waals surface area contributed by atoms with Crippen LogP contribution >= 0.6 is 0 Å². The van der Waals surface area contributed by atoms with Crippen molar-refractivity contribution in [3.8, 4) is 5.75 Å². The lowest BCUT2D eigenvalue weighted by molar-refractivity contribution is -0.385. The molecule has 1 N–H and O–H groups in total. The third kappa shape index (κ3) is 2.54. The van der Waals surface area contributed by atoms with Crippen LogP contribution < -0.4 is 15.0 Å². The highest BCUT2D eigenvalue weighted by Gasteiger charge is 2.74. The molecule has 10 nitrogen and oxygen atoms in total. The molecule has 6 rings (SSSR count). The zero-order valence-electron chi connectivity index (χ0n) is 19.5. The second-order valence-electron chi connectivity index (χ2n) is 9.76. The highest BCUT2D eigenvalue weighted by atomic mass is 16.6. The number of benzene rings is 2. The first kappa shape index (κ1) is 21.7. The van der Waals surface area contributed by atoms with E-state index in [0.29, 0.717) is 24.2 Å². The normalized spacial score (nSPS) is 28.9. The summed E-state index contributed by atoms with van der Waals surface area (Å²) in [6.45, 7) is 4.18. The number of nitrogens with one attached hydrogen (secondary N) is 1. The Hall–Kier alpha value is -3.79. The van der Waals surface area contributed by atoms with E-state index in [4.69, 9.17) is 4.74 Å². The second kappa shape index (κ2) is 7.11. The first-order chi connectivity index (χ1) is 16.7. The van der Waals surface area contributed by atoms with Crippen molar-refractivity contribution in [2.75, 3.05) is 23.9 Å². The Morgan fingerprint density at radius 2 is 1.91 bits per heavy atom. The van der Waals surface area contributed by atoms with Crippen molar-refractivity contribution in [2.45, 2.75) is 38.3 Å². The van der Waals surface area contributed by atoms with Crippen LogP contribution in [0.5, 0.6) is 5.75 Å². The first-order valence-electron chi connectivity index (χ1n) is 11.6. The van der Waals surface area contributed by atoms with Gasteiger partial charge in [-0.3, -0.25) is 29.4 Å². The van der Waals surface area contributed by atoms with Gasteiger partial charge in [0, 0.05) is 29.4 Å². The number of carbonyl (C=O) groups excluding carboxylic acids is 3. The van der Waals surface area contributed by atoms with E-state index < -0.39 is 28.2 Å². The molecule has 4 heterocycles. The molecule has 4 aliphatic rings. The minimum atomic E-state index is -1.26. The number of nitrogens with zero attached hydrogens (tertiary/aromatic N) is 3. The summed E-state index contributed by atoms with van der Waals surface area (Å²) in [5.41, 5.74) is 1.52. The number of anilines is 2. The van der Waals surface area contributed by atoms with E-state index in [1.807, 2.05) is 25.1 Å². The number of hydrogen-bond acceptors (Lipinski definition) is 7. The summed E-state index contributed by atoms with van der Waals surface area (Å²) in [6.07, 6.45) is 1.54. The number of hydrogen-bond donors (Lipinski definition) is 1. The lowest BCUT2D eigenvalue weighted by Gasteiger charge is -2.36. The Balaban J connectivity index is 1.54. The SMILES string of the molecule is COc1cc(N2C(=O)[C@@H]3[C@@H]4CCCN4[C@@]4(C(=O)Nc5ccc(C)cc54)[C@H]3C2=O)c(C)cc1[N+](=O)[O-]. The fourth-order valence-electron chi connectivity index (χ4n) is 6.76. The molecule has 10 heteroatoms. The van der Waals surface area contributed by atoms with E-state index in [-0.39, 0.29) is 35.0 Å². The average molecular weight is 476 g/mol. The molecule has 3 amide bonds. The summed E-state index contributed by atoms with van der Waals surface area (Å²) in [6, 6.07) is 8.13. The number of aryl methyl sites for hydroxylation is 2. The van der Waals surface area contributed by atoms with E-state index in [9.17, 15) is 24.5 Å². The fourth-order valence-corrected chi connectivity index (χ4v) is 6.76. The maximum atomic E-state index is 14.1. The van der Waals surface area contributed by atoms with Crippen LogP contribution in [-0.4, -0.2) is 47.2 Å². The Kier molecular flexibility index (Phi) is 4.41. The molecule has 3 fully saturated rings. The van der Waals surface area contributed by atoms with Gasteiger partial charge < -0.3 is 10.1 Å². The predicted octanol–water partition coefficient (Wildman–Crippen LogP) is 2.65. The molecule has 2 aromatic carbocycles. The van der Waals surface area contributed by atoms with Gasteiger partial charge in [0.1, 0.15) is 5.54 Å². The molecule has 0 unspecified atom stereocenters. The summed E-state index contributed by atoms with van der Waals surface area (Å²) >= 11 is 0. The van der Waals surface area contributed by atoms with Gasteiger partial charge in [0.15, 0.2) is 5.75 Å². The Labute approximate surface area is 201 Å². The molecule has 3 saturated heterocycles. The van der Waals surface area contributed by atoms with Crippen molar-refractivity contribution in [2.24, 2.45) is 11.8 Å². The molecule has 2 aromatic rings. The number of ether oxygens (including phenoxy) is 1. The predicted molar refractivity (Wildman–Crippen MR) is 125 cm³/mol. The topological polar surface area (TPSA) is 122 Å². The number of methoxy groups -OCH3 is 1. The molecule has 1 spiro atoms. The van der Waals surface area contributed by atoms with Crippen molar-refractivity contribution >= 4 is 34.8 Å². The van der Waals surface area contributed by atoms with E-state index in [2.05, 4.69) is 10.2 Å². The van der Waals surface area contributed by atoms with Gasteiger partial charge in [-0.1, -0.05) is 17.7 Å². The largest absolute Gasteiger partial charge is 0.490 e. The minimum absolute atomic E-state index is 0.0370. The van der Waals surface area contributed by atoms with Gasteiger partial charge in [0.2, 0.25) is 17.7 Å². The van der Waals surface area contributed by atoms with Crippen LogP contribution in [0.3, 0.4) is 0 Å². The molecule has 0 aromatic heterocycles. The summed E-state index contributed by atoms with van der Waals surface area (Å²) in [7, 11) is 1.30. The van der Waals surface area contributed by atoms with Gasteiger partial charge in [-0.15, -0.1) is 0 Å². The maximum absolute atomic E-state index is 14.1. The zero-order chi connectivity index (χ0) is 24.8. The van der Waals surface area contributed by atoms with Crippen molar-refractivity contribution in [1.82, 2.24) is 4.90 Å². The molecule has 4 aliphatic heterocycles. The smallest absolute Gasteiger partial charge is 0.311 e. The number of nitro groups is 1. The van der Waals surface area contributed by atoms with Gasteiger partial charge in [-0.25, -0.2) is 4.90 Å². The number of fused-ring (bicyclic) bond motifs is 7. The number of imide groups is 1. The van der Waals surface area contributed by atoms with E-state index in [1.165, 1.54) is 19.2 Å². The minimum Gasteiger partial charge on any atom is -0.490 e. The molecule has 0 radical (unpaired) electrons. The van der Waals surface area contributed by atoms with E-state index in [1.54, 1.807) is 6.92 Å². The van der Waals surface area contributed by atoms with Crippen LogP contribution in [0.4, 0.5) is 17.1 Å². The molecule has 35 heavy (non-hydrogen) atoms.